The number of carbonyl (C=O) groups excluding carboxylic acids is 1. The van der Waals surface area contributed by atoms with Crippen molar-refractivity contribution < 1.29 is 19.4 Å². The zero-order chi connectivity index (χ0) is 14.0. The second-order valence-corrected chi connectivity index (χ2v) is 5.35. The molecule has 0 saturated heterocycles. The number of ether oxygens (including phenoxy) is 2. The highest BCUT2D eigenvalue weighted by Crippen LogP contribution is 2.38. The summed E-state index contributed by atoms with van der Waals surface area (Å²) in [6, 6.07) is 5.51. The summed E-state index contributed by atoms with van der Waals surface area (Å²) in [5.74, 6) is -0.0119. The first-order chi connectivity index (χ1) is 8.94. The van der Waals surface area contributed by atoms with Crippen molar-refractivity contribution in [2.75, 3.05) is 6.61 Å². The Bertz CT molecular complexity index is 479. The summed E-state index contributed by atoms with van der Waals surface area (Å²) < 4.78 is 10.8. The number of fused-ring (bicyclic) bond motifs is 1. The lowest BCUT2D eigenvalue weighted by Gasteiger charge is -2.34. The molecule has 1 heterocycles. The summed E-state index contributed by atoms with van der Waals surface area (Å²) in [4.78, 5) is 11.7. The molecular formula is C15H20O4. The molecular weight excluding hydrogens is 244 g/mol. The Labute approximate surface area is 113 Å². The molecule has 0 aromatic heterocycles. The van der Waals surface area contributed by atoms with E-state index in [0.717, 1.165) is 18.4 Å². The van der Waals surface area contributed by atoms with Crippen LogP contribution in [0.15, 0.2) is 18.2 Å². The number of carbonyl (C=O) groups is 1. The van der Waals surface area contributed by atoms with Gasteiger partial charge >= 0.3 is 5.97 Å². The molecule has 1 aromatic carbocycles. The monoisotopic (exact) mass is 264 g/mol. The number of esters is 1. The molecule has 1 aliphatic heterocycles. The molecule has 0 amide bonds. The van der Waals surface area contributed by atoms with Gasteiger partial charge < -0.3 is 14.6 Å². The Morgan fingerprint density at radius 2 is 2.26 bits per heavy atom. The van der Waals surface area contributed by atoms with Crippen molar-refractivity contribution in [3.05, 3.63) is 29.3 Å². The predicted molar refractivity (Wildman–Crippen MR) is 71.1 cm³/mol. The van der Waals surface area contributed by atoms with Crippen LogP contribution in [-0.2, 0) is 16.0 Å². The summed E-state index contributed by atoms with van der Waals surface area (Å²) in [6.45, 7) is 5.97. The maximum Gasteiger partial charge on any atom is 0.339 e. The van der Waals surface area contributed by atoms with E-state index in [0.29, 0.717) is 11.3 Å². The maximum atomic E-state index is 11.7. The van der Waals surface area contributed by atoms with E-state index in [1.54, 1.807) is 13.0 Å². The first-order valence-corrected chi connectivity index (χ1v) is 6.60. The quantitative estimate of drug-likeness (QED) is 0.852. The van der Waals surface area contributed by atoms with Gasteiger partial charge in [-0.2, -0.15) is 0 Å². The van der Waals surface area contributed by atoms with E-state index in [-0.39, 0.29) is 12.2 Å². The molecule has 4 nitrogen and oxygen atoms in total. The van der Waals surface area contributed by atoms with E-state index in [1.807, 2.05) is 26.0 Å². The Kier molecular flexibility index (Phi) is 3.80. The van der Waals surface area contributed by atoms with E-state index in [9.17, 15) is 9.90 Å². The van der Waals surface area contributed by atoms with Crippen LogP contribution in [0.4, 0.5) is 0 Å². The number of aliphatic hydroxyl groups excluding tert-OH is 1. The third-order valence-electron chi connectivity index (χ3n) is 3.31. The Balaban J connectivity index is 2.34. The summed E-state index contributed by atoms with van der Waals surface area (Å²) in [7, 11) is 0. The zero-order valence-electron chi connectivity index (χ0n) is 11.6. The lowest BCUT2D eigenvalue weighted by Crippen LogP contribution is -2.33. The average molecular weight is 264 g/mol. The minimum absolute atomic E-state index is 0.247. The summed E-state index contributed by atoms with van der Waals surface area (Å²) in [6.07, 6.45) is 0.508. The van der Waals surface area contributed by atoms with Crippen LogP contribution in [0, 0.1) is 0 Å². The SMILES string of the molecule is CCOC(=O)C(O)c1cccc2c1OC(C)(C)CC2. The third kappa shape index (κ3) is 2.89. The molecule has 19 heavy (non-hydrogen) atoms. The van der Waals surface area contributed by atoms with Crippen LogP contribution in [0.25, 0.3) is 0 Å². The van der Waals surface area contributed by atoms with Gasteiger partial charge in [-0.1, -0.05) is 18.2 Å². The third-order valence-corrected chi connectivity index (χ3v) is 3.31. The normalized spacial score (nSPS) is 18.1. The fourth-order valence-corrected chi connectivity index (χ4v) is 2.25. The van der Waals surface area contributed by atoms with Gasteiger partial charge in [-0.3, -0.25) is 0 Å². The second-order valence-electron chi connectivity index (χ2n) is 5.35. The van der Waals surface area contributed by atoms with Crippen LogP contribution in [0.1, 0.15) is 44.4 Å². The van der Waals surface area contributed by atoms with Crippen molar-refractivity contribution in [2.45, 2.75) is 45.3 Å². The molecule has 0 radical (unpaired) electrons. The van der Waals surface area contributed by atoms with Crippen LogP contribution < -0.4 is 4.74 Å². The van der Waals surface area contributed by atoms with Gasteiger partial charge in [0.05, 0.1) is 6.61 Å². The van der Waals surface area contributed by atoms with Gasteiger partial charge in [0, 0.05) is 5.56 Å². The van der Waals surface area contributed by atoms with E-state index >= 15 is 0 Å². The van der Waals surface area contributed by atoms with E-state index in [4.69, 9.17) is 9.47 Å². The van der Waals surface area contributed by atoms with E-state index in [1.165, 1.54) is 0 Å². The zero-order valence-corrected chi connectivity index (χ0v) is 11.6. The first-order valence-electron chi connectivity index (χ1n) is 6.60. The molecule has 0 aliphatic carbocycles. The van der Waals surface area contributed by atoms with Crippen LogP contribution >= 0.6 is 0 Å². The largest absolute Gasteiger partial charge is 0.487 e. The summed E-state index contributed by atoms with van der Waals surface area (Å²) in [5.41, 5.74) is 1.24. The Hall–Kier alpha value is -1.55. The van der Waals surface area contributed by atoms with E-state index in [2.05, 4.69) is 0 Å². The lowest BCUT2D eigenvalue weighted by molar-refractivity contribution is -0.153. The van der Waals surface area contributed by atoms with Crippen molar-refractivity contribution in [1.29, 1.82) is 0 Å². The van der Waals surface area contributed by atoms with Crippen LogP contribution in [0.3, 0.4) is 0 Å². The first kappa shape index (κ1) is 13.9. The number of para-hydroxylation sites is 1. The highest BCUT2D eigenvalue weighted by Gasteiger charge is 2.31. The number of hydrogen-bond donors (Lipinski definition) is 1. The molecule has 1 aliphatic rings. The van der Waals surface area contributed by atoms with Crippen molar-refractivity contribution >= 4 is 5.97 Å². The number of benzene rings is 1. The highest BCUT2D eigenvalue weighted by molar-refractivity contribution is 5.77. The van der Waals surface area contributed by atoms with Gasteiger partial charge in [0.25, 0.3) is 0 Å². The smallest absolute Gasteiger partial charge is 0.339 e. The number of aryl methyl sites for hydroxylation is 1. The molecule has 1 atom stereocenters. The predicted octanol–water partition coefficient (Wildman–Crippen LogP) is 2.39. The van der Waals surface area contributed by atoms with Gasteiger partial charge in [0.15, 0.2) is 6.10 Å². The van der Waals surface area contributed by atoms with Gasteiger partial charge in [-0.15, -0.1) is 0 Å². The minimum atomic E-state index is -1.29. The molecule has 0 saturated carbocycles. The molecule has 1 aromatic rings. The minimum Gasteiger partial charge on any atom is -0.487 e. The molecule has 0 bridgehead atoms. The maximum absolute atomic E-state index is 11.7. The Morgan fingerprint density at radius 3 is 2.95 bits per heavy atom. The standard InChI is InChI=1S/C15H20O4/c1-4-18-14(17)12(16)11-7-5-6-10-8-9-15(2,3)19-13(10)11/h5-7,12,16H,4,8-9H2,1-3H3. The molecule has 2 rings (SSSR count). The van der Waals surface area contributed by atoms with Crippen molar-refractivity contribution in [2.24, 2.45) is 0 Å². The summed E-state index contributed by atoms with van der Waals surface area (Å²) >= 11 is 0. The lowest BCUT2D eigenvalue weighted by atomic mass is 9.91. The topological polar surface area (TPSA) is 55.8 Å². The molecule has 104 valence electrons. The number of hydrogen-bond acceptors (Lipinski definition) is 4. The highest BCUT2D eigenvalue weighted by atomic mass is 16.5. The van der Waals surface area contributed by atoms with Crippen molar-refractivity contribution in [3.63, 3.8) is 0 Å². The van der Waals surface area contributed by atoms with Gasteiger partial charge in [-0.05, 0) is 39.2 Å². The molecule has 4 heteroatoms. The van der Waals surface area contributed by atoms with Gasteiger partial charge in [0.2, 0.25) is 0 Å². The Morgan fingerprint density at radius 1 is 1.53 bits per heavy atom. The van der Waals surface area contributed by atoms with Crippen LogP contribution in [0.5, 0.6) is 5.75 Å². The van der Waals surface area contributed by atoms with Crippen LogP contribution in [-0.4, -0.2) is 23.3 Å². The van der Waals surface area contributed by atoms with Crippen molar-refractivity contribution in [1.82, 2.24) is 0 Å². The second kappa shape index (κ2) is 5.21. The number of aliphatic hydroxyl groups is 1. The molecule has 0 spiro atoms. The van der Waals surface area contributed by atoms with E-state index < -0.39 is 12.1 Å². The average Bonchev–Trinajstić information content (AvgIpc) is 2.36. The fraction of sp³-hybridized carbons (Fsp3) is 0.533. The van der Waals surface area contributed by atoms with Gasteiger partial charge in [-0.25, -0.2) is 4.79 Å². The van der Waals surface area contributed by atoms with Gasteiger partial charge in [0.1, 0.15) is 11.4 Å². The molecule has 0 fully saturated rings. The van der Waals surface area contributed by atoms with Crippen molar-refractivity contribution in [3.8, 4) is 5.75 Å². The fourth-order valence-electron chi connectivity index (χ4n) is 2.25. The summed E-state index contributed by atoms with van der Waals surface area (Å²) in [5, 5.41) is 10.1. The molecule has 1 unspecified atom stereocenters. The molecule has 1 N–H and O–H groups in total. The van der Waals surface area contributed by atoms with Crippen LogP contribution in [0.2, 0.25) is 0 Å². The number of rotatable bonds is 3.